The van der Waals surface area contributed by atoms with Crippen LogP contribution in [0.15, 0.2) is 42.5 Å². The molecule has 8 nitrogen and oxygen atoms in total. The predicted molar refractivity (Wildman–Crippen MR) is 161 cm³/mol. The molecular formula is C29H38Cl2N4O4S. The van der Waals surface area contributed by atoms with Gasteiger partial charge in [0.2, 0.25) is 11.8 Å². The molecule has 0 spiro atoms. The largest absolute Gasteiger partial charge is 0.339 e. The summed E-state index contributed by atoms with van der Waals surface area (Å²) in [4.78, 5) is 33.7. The van der Waals surface area contributed by atoms with Crippen LogP contribution < -0.4 is 5.32 Å². The maximum Gasteiger partial charge on any atom is 0.249 e. The van der Waals surface area contributed by atoms with Crippen molar-refractivity contribution in [3.8, 4) is 0 Å². The van der Waals surface area contributed by atoms with Gasteiger partial charge in [-0.2, -0.15) is 0 Å². The highest BCUT2D eigenvalue weighted by atomic mass is 35.5. The lowest BCUT2D eigenvalue weighted by Crippen LogP contribution is -2.59. The molecule has 2 aromatic carbocycles. The van der Waals surface area contributed by atoms with Gasteiger partial charge in [0.15, 0.2) is 0 Å². The third-order valence-electron chi connectivity index (χ3n) is 7.43. The van der Waals surface area contributed by atoms with E-state index in [4.69, 9.17) is 23.2 Å². The molecule has 0 radical (unpaired) electrons. The van der Waals surface area contributed by atoms with Crippen molar-refractivity contribution >= 4 is 50.5 Å². The van der Waals surface area contributed by atoms with E-state index in [1.807, 2.05) is 34.1 Å². The molecule has 0 saturated carbocycles. The van der Waals surface area contributed by atoms with Gasteiger partial charge in [0.25, 0.3) is 0 Å². The van der Waals surface area contributed by atoms with Crippen molar-refractivity contribution in [3.63, 3.8) is 0 Å². The second kappa shape index (κ2) is 12.0. The minimum Gasteiger partial charge on any atom is -0.339 e. The van der Waals surface area contributed by atoms with Gasteiger partial charge in [-0.1, -0.05) is 62.2 Å². The van der Waals surface area contributed by atoms with Crippen molar-refractivity contribution in [3.05, 3.63) is 63.6 Å². The Bertz CT molecular complexity index is 1370. The third-order valence-corrected chi connectivity index (χ3v) is 8.83. The van der Waals surface area contributed by atoms with Crippen LogP contribution in [0.4, 0.5) is 5.69 Å². The third kappa shape index (κ3) is 7.36. The molecule has 0 bridgehead atoms. The Balaban J connectivity index is 1.65. The van der Waals surface area contributed by atoms with Crippen molar-refractivity contribution in [2.45, 2.75) is 32.7 Å². The normalized spacial score (nSPS) is 20.1. The first-order valence-electron chi connectivity index (χ1n) is 13.5. The van der Waals surface area contributed by atoms with Crippen molar-refractivity contribution < 1.29 is 18.0 Å². The van der Waals surface area contributed by atoms with Crippen LogP contribution in [-0.4, -0.2) is 92.8 Å². The van der Waals surface area contributed by atoms with E-state index in [1.165, 1.54) is 6.26 Å². The van der Waals surface area contributed by atoms with Crippen LogP contribution in [0.1, 0.15) is 31.9 Å². The molecule has 0 aromatic heterocycles. The summed E-state index contributed by atoms with van der Waals surface area (Å²) in [7, 11) is -3.05. The lowest BCUT2D eigenvalue weighted by atomic mass is 9.81. The minimum absolute atomic E-state index is 0.0522. The number of nitrogens with zero attached hydrogens (tertiary/aromatic N) is 3. The topological polar surface area (TPSA) is 90.0 Å². The molecule has 0 aliphatic carbocycles. The molecule has 2 heterocycles. The van der Waals surface area contributed by atoms with Crippen LogP contribution in [0.3, 0.4) is 0 Å². The number of nitrogens with one attached hydrogen (secondary N) is 1. The smallest absolute Gasteiger partial charge is 0.249 e. The fourth-order valence-corrected chi connectivity index (χ4v) is 6.52. The number of carbonyl (C=O) groups excluding carboxylic acids is 2. The Labute approximate surface area is 247 Å². The average Bonchev–Trinajstić information content (AvgIpc) is 3.12. The summed E-state index contributed by atoms with van der Waals surface area (Å²) >= 11 is 12.6. The minimum atomic E-state index is -3.05. The summed E-state index contributed by atoms with van der Waals surface area (Å²) in [5.41, 5.74) is 0.943. The van der Waals surface area contributed by atoms with E-state index in [2.05, 4.69) is 31.0 Å². The van der Waals surface area contributed by atoms with Gasteiger partial charge in [0.1, 0.15) is 15.4 Å². The van der Waals surface area contributed by atoms with Crippen LogP contribution in [0, 0.1) is 5.41 Å². The van der Waals surface area contributed by atoms with Crippen molar-refractivity contribution in [2.75, 3.05) is 63.1 Å². The summed E-state index contributed by atoms with van der Waals surface area (Å²) in [6.07, 6.45) is 1.57. The van der Waals surface area contributed by atoms with Crippen LogP contribution in [0.25, 0.3) is 0 Å². The highest BCUT2D eigenvalue weighted by Gasteiger charge is 2.52. The van der Waals surface area contributed by atoms with E-state index in [1.54, 1.807) is 18.2 Å². The lowest BCUT2D eigenvalue weighted by Gasteiger charge is -2.44. The number of piperazine rings is 1. The van der Waals surface area contributed by atoms with Crippen LogP contribution in [0.2, 0.25) is 10.0 Å². The lowest BCUT2D eigenvalue weighted by molar-refractivity contribution is -0.140. The molecule has 1 fully saturated rings. The summed E-state index contributed by atoms with van der Waals surface area (Å²) in [6, 6.07) is 12.9. The molecule has 4 rings (SSSR count). The van der Waals surface area contributed by atoms with Crippen LogP contribution in [0.5, 0.6) is 0 Å². The number of amides is 2. The highest BCUT2D eigenvalue weighted by molar-refractivity contribution is 7.90. The molecule has 2 aliphatic rings. The van der Waals surface area contributed by atoms with Gasteiger partial charge in [-0.3, -0.25) is 19.4 Å². The molecule has 2 amide bonds. The van der Waals surface area contributed by atoms with Gasteiger partial charge in [-0.05, 0) is 35.2 Å². The number of benzene rings is 2. The molecule has 11 heteroatoms. The first kappa shape index (κ1) is 30.8. The van der Waals surface area contributed by atoms with E-state index in [0.29, 0.717) is 61.4 Å². The number of fused-ring (bicyclic) bond motifs is 1. The molecule has 2 aliphatic heterocycles. The molecule has 2 aromatic rings. The maximum absolute atomic E-state index is 14.0. The Morgan fingerprint density at radius 3 is 2.35 bits per heavy atom. The summed E-state index contributed by atoms with van der Waals surface area (Å²) in [5.74, 6) is -0.162. The number of halogens is 2. The van der Waals surface area contributed by atoms with E-state index in [0.717, 1.165) is 11.1 Å². The zero-order chi connectivity index (χ0) is 29.3. The summed E-state index contributed by atoms with van der Waals surface area (Å²) in [5, 5.41) is 4.13. The number of rotatable bonds is 9. The average molecular weight is 610 g/mol. The zero-order valence-corrected chi connectivity index (χ0v) is 25.9. The molecule has 0 unspecified atom stereocenters. The van der Waals surface area contributed by atoms with Gasteiger partial charge < -0.3 is 10.2 Å². The van der Waals surface area contributed by atoms with Gasteiger partial charge in [0.05, 0.1) is 12.3 Å². The Kier molecular flexibility index (Phi) is 9.22. The Hall–Kier alpha value is -2.17. The predicted octanol–water partition coefficient (Wildman–Crippen LogP) is 3.92. The van der Waals surface area contributed by atoms with Crippen molar-refractivity contribution in [2.24, 2.45) is 5.41 Å². The highest BCUT2D eigenvalue weighted by Crippen LogP contribution is 2.45. The standard InChI is InChI=1S/C29H38Cl2N4O4S/c1-28(2,3)20-35(19-26(36)34-12-10-33(11-13-34)14-15-40(4,38)39)29(18-21-6-5-7-22(30)16-21)24-9-8-23(31)17-25(24)32-27(29)37/h5-9,16-17H,10-15,18-20H2,1-4H3,(H,32,37)/t29-/m1/s1. The second-order valence-corrected chi connectivity index (χ2v) is 15.2. The van der Waals surface area contributed by atoms with E-state index in [9.17, 15) is 18.0 Å². The van der Waals surface area contributed by atoms with E-state index < -0.39 is 15.4 Å². The van der Waals surface area contributed by atoms with E-state index in [-0.39, 0.29) is 29.5 Å². The molecule has 218 valence electrons. The number of hydrogen-bond acceptors (Lipinski definition) is 6. The number of carbonyl (C=O) groups is 2. The van der Waals surface area contributed by atoms with Gasteiger partial charge in [0, 0.05) is 73.2 Å². The van der Waals surface area contributed by atoms with Gasteiger partial charge >= 0.3 is 0 Å². The van der Waals surface area contributed by atoms with Gasteiger partial charge in [-0.15, -0.1) is 0 Å². The monoisotopic (exact) mass is 608 g/mol. The molecule has 1 atom stereocenters. The quantitative estimate of drug-likeness (QED) is 0.464. The van der Waals surface area contributed by atoms with Crippen molar-refractivity contribution in [1.29, 1.82) is 0 Å². The Morgan fingerprint density at radius 2 is 1.73 bits per heavy atom. The Morgan fingerprint density at radius 1 is 1.05 bits per heavy atom. The van der Waals surface area contributed by atoms with Crippen LogP contribution >= 0.6 is 23.2 Å². The summed E-state index contributed by atoms with van der Waals surface area (Å²) in [6.45, 7) is 9.50. The SMILES string of the molecule is CC(C)(C)CN(CC(=O)N1CCN(CCS(C)(=O)=O)CC1)[C@@]1(Cc2cccc(Cl)c2)C(=O)Nc2cc(Cl)ccc21. The number of anilines is 1. The zero-order valence-electron chi connectivity index (χ0n) is 23.5. The first-order chi connectivity index (χ1) is 18.7. The first-order valence-corrected chi connectivity index (χ1v) is 16.3. The molecule has 1 N–H and O–H groups in total. The van der Waals surface area contributed by atoms with Crippen molar-refractivity contribution in [1.82, 2.24) is 14.7 Å². The van der Waals surface area contributed by atoms with Gasteiger partial charge in [-0.25, -0.2) is 8.42 Å². The fourth-order valence-electron chi connectivity index (χ4n) is 5.55. The fraction of sp³-hybridized carbons (Fsp3) is 0.517. The summed E-state index contributed by atoms with van der Waals surface area (Å²) < 4.78 is 23.2. The maximum atomic E-state index is 14.0. The second-order valence-electron chi connectivity index (χ2n) is 12.1. The number of sulfone groups is 1. The molecule has 40 heavy (non-hydrogen) atoms. The molecule has 1 saturated heterocycles. The molecular weight excluding hydrogens is 571 g/mol. The van der Waals surface area contributed by atoms with Crippen LogP contribution in [-0.2, 0) is 31.4 Å². The van der Waals surface area contributed by atoms with E-state index >= 15 is 0 Å². The number of hydrogen-bond donors (Lipinski definition) is 1.